The minimum absolute atomic E-state index is 0.0173. The molecule has 126 valence electrons. The molecule has 0 saturated carbocycles. The molecule has 0 bridgehead atoms. The van der Waals surface area contributed by atoms with Crippen molar-refractivity contribution in [1.29, 1.82) is 0 Å². The van der Waals surface area contributed by atoms with Gasteiger partial charge in [-0.25, -0.2) is 14.4 Å². The number of nitrogens with one attached hydrogen (secondary N) is 1. The van der Waals surface area contributed by atoms with Crippen LogP contribution < -0.4 is 15.8 Å². The topological polar surface area (TPSA) is 72.5 Å². The van der Waals surface area contributed by atoms with Crippen molar-refractivity contribution < 1.29 is 9.13 Å². The number of guanidine groups is 1. The third-order valence-electron chi connectivity index (χ3n) is 4.00. The van der Waals surface area contributed by atoms with Crippen LogP contribution in [-0.2, 0) is 12.8 Å². The smallest absolute Gasteiger partial charge is 0.250 e. The third-order valence-corrected chi connectivity index (χ3v) is 4.00. The lowest BCUT2D eigenvalue weighted by molar-refractivity contribution is 0.298. The summed E-state index contributed by atoms with van der Waals surface area (Å²) < 4.78 is 18.6. The number of hydrogen-bond acceptors (Lipinski definition) is 3. The molecule has 1 aromatic carbocycles. The van der Waals surface area contributed by atoms with Crippen LogP contribution in [0.4, 0.5) is 10.1 Å². The Kier molecular flexibility index (Phi) is 5.25. The average Bonchev–Trinajstić information content (AvgIpc) is 2.60. The Hall–Kier alpha value is -2.63. The maximum Gasteiger partial charge on any atom is 0.250 e. The van der Waals surface area contributed by atoms with Crippen LogP contribution in [0.5, 0.6) is 5.88 Å². The summed E-state index contributed by atoms with van der Waals surface area (Å²) in [4.78, 5) is 8.04. The number of ether oxygens (including phenoxy) is 1. The number of aliphatic imine (C=N–C) groups is 1. The van der Waals surface area contributed by atoms with E-state index in [2.05, 4.69) is 21.4 Å². The van der Waals surface area contributed by atoms with Crippen molar-refractivity contribution >= 4 is 11.6 Å². The van der Waals surface area contributed by atoms with Crippen molar-refractivity contribution in [3.05, 3.63) is 53.5 Å². The van der Waals surface area contributed by atoms with Gasteiger partial charge in [0.1, 0.15) is 6.61 Å². The van der Waals surface area contributed by atoms with Crippen LogP contribution in [-0.4, -0.2) is 24.1 Å². The number of rotatable bonds is 5. The van der Waals surface area contributed by atoms with Crippen LogP contribution in [0.1, 0.15) is 24.0 Å². The fourth-order valence-corrected chi connectivity index (χ4v) is 2.86. The minimum atomic E-state index is -0.483. The van der Waals surface area contributed by atoms with E-state index in [0.717, 1.165) is 18.5 Å². The molecule has 0 spiro atoms. The van der Waals surface area contributed by atoms with E-state index in [0.29, 0.717) is 12.5 Å². The fourth-order valence-electron chi connectivity index (χ4n) is 2.86. The largest absolute Gasteiger partial charge is 0.474 e. The van der Waals surface area contributed by atoms with Crippen molar-refractivity contribution in [2.75, 3.05) is 18.5 Å². The van der Waals surface area contributed by atoms with E-state index in [-0.39, 0.29) is 12.5 Å². The molecular weight excluding hydrogens is 307 g/mol. The van der Waals surface area contributed by atoms with Crippen molar-refractivity contribution in [1.82, 2.24) is 4.98 Å². The molecule has 3 rings (SSSR count). The summed E-state index contributed by atoms with van der Waals surface area (Å²) >= 11 is 0. The zero-order valence-corrected chi connectivity index (χ0v) is 13.5. The van der Waals surface area contributed by atoms with E-state index in [9.17, 15) is 4.39 Å². The van der Waals surface area contributed by atoms with E-state index in [1.54, 1.807) is 0 Å². The van der Waals surface area contributed by atoms with E-state index in [4.69, 9.17) is 10.5 Å². The number of fused-ring (bicyclic) bond motifs is 1. The quantitative estimate of drug-likeness (QED) is 0.503. The van der Waals surface area contributed by atoms with E-state index in [1.807, 2.05) is 12.1 Å². The molecule has 0 radical (unpaired) electrons. The normalized spacial score (nSPS) is 14.1. The number of benzene rings is 1. The highest BCUT2D eigenvalue weighted by Gasteiger charge is 2.13. The molecule has 0 fully saturated rings. The van der Waals surface area contributed by atoms with Crippen molar-refractivity contribution in [2.24, 2.45) is 10.7 Å². The number of anilines is 1. The summed E-state index contributed by atoms with van der Waals surface area (Å²) in [6, 6.07) is 9.05. The highest BCUT2D eigenvalue weighted by atomic mass is 19.1. The van der Waals surface area contributed by atoms with E-state index < -0.39 is 5.82 Å². The maximum atomic E-state index is 13.4. The third kappa shape index (κ3) is 4.01. The number of pyridine rings is 1. The molecule has 1 aromatic heterocycles. The predicted octanol–water partition coefficient (Wildman–Crippen LogP) is 2.91. The zero-order valence-electron chi connectivity index (χ0n) is 13.5. The first-order valence-electron chi connectivity index (χ1n) is 8.15. The van der Waals surface area contributed by atoms with Crippen LogP contribution in [0.15, 0.2) is 41.5 Å². The van der Waals surface area contributed by atoms with E-state index >= 15 is 0 Å². The molecule has 24 heavy (non-hydrogen) atoms. The molecular formula is C18H21FN4O. The average molecular weight is 328 g/mol. The van der Waals surface area contributed by atoms with Crippen LogP contribution in [0.25, 0.3) is 0 Å². The minimum Gasteiger partial charge on any atom is -0.474 e. The first-order valence-corrected chi connectivity index (χ1v) is 8.15. The molecule has 0 saturated heterocycles. The molecule has 0 amide bonds. The summed E-state index contributed by atoms with van der Waals surface area (Å²) in [6.07, 6.45) is 6.10. The number of halogens is 1. The van der Waals surface area contributed by atoms with Gasteiger partial charge in [-0.3, -0.25) is 0 Å². The lowest BCUT2D eigenvalue weighted by Gasteiger charge is -2.19. The first-order chi connectivity index (χ1) is 11.7. The standard InChI is InChI=1S/C18H21FN4O/c19-15-8-4-10-21-17(15)24-12-11-22-18(20)23-16-9-3-6-13-5-1-2-7-14(13)16/h3-4,6,8-10H,1-2,5,7,11-12H2,(H3,20,22,23). The highest BCUT2D eigenvalue weighted by Crippen LogP contribution is 2.27. The van der Waals surface area contributed by atoms with Gasteiger partial charge in [-0.05, 0) is 55.0 Å². The number of aryl methyl sites for hydroxylation is 1. The highest BCUT2D eigenvalue weighted by molar-refractivity contribution is 5.93. The molecule has 1 aliphatic carbocycles. The Balaban J connectivity index is 1.54. The Morgan fingerprint density at radius 1 is 1.25 bits per heavy atom. The molecule has 5 nitrogen and oxygen atoms in total. The zero-order chi connectivity index (χ0) is 16.8. The Bertz CT molecular complexity index is 733. The van der Waals surface area contributed by atoms with Gasteiger partial charge in [0.25, 0.3) is 0 Å². The summed E-state index contributed by atoms with van der Waals surface area (Å²) in [5.74, 6) is -0.168. The second kappa shape index (κ2) is 7.77. The van der Waals surface area contributed by atoms with Gasteiger partial charge >= 0.3 is 0 Å². The van der Waals surface area contributed by atoms with E-state index in [1.165, 1.54) is 42.3 Å². The van der Waals surface area contributed by atoms with Crippen LogP contribution in [0.3, 0.4) is 0 Å². The molecule has 2 aromatic rings. The van der Waals surface area contributed by atoms with Gasteiger partial charge < -0.3 is 15.8 Å². The Morgan fingerprint density at radius 3 is 3.00 bits per heavy atom. The molecule has 1 aliphatic rings. The monoisotopic (exact) mass is 328 g/mol. The summed E-state index contributed by atoms with van der Waals surface area (Å²) in [5.41, 5.74) is 9.67. The first kappa shape index (κ1) is 16.2. The fraction of sp³-hybridized carbons (Fsp3) is 0.333. The van der Waals surface area contributed by atoms with Crippen LogP contribution in [0.2, 0.25) is 0 Å². The van der Waals surface area contributed by atoms with Gasteiger partial charge in [0.15, 0.2) is 11.8 Å². The van der Waals surface area contributed by atoms with Crippen LogP contribution in [0, 0.1) is 5.82 Å². The summed E-state index contributed by atoms with van der Waals surface area (Å²) in [6.45, 7) is 0.535. The molecule has 6 heteroatoms. The molecule has 0 unspecified atom stereocenters. The molecule has 3 N–H and O–H groups in total. The summed E-state index contributed by atoms with van der Waals surface area (Å²) in [7, 11) is 0. The van der Waals surface area contributed by atoms with Crippen molar-refractivity contribution in [2.45, 2.75) is 25.7 Å². The van der Waals surface area contributed by atoms with Crippen LogP contribution >= 0.6 is 0 Å². The van der Waals surface area contributed by atoms with Gasteiger partial charge in [-0.2, -0.15) is 0 Å². The van der Waals surface area contributed by atoms with Crippen molar-refractivity contribution in [3.63, 3.8) is 0 Å². The molecule has 0 aliphatic heterocycles. The number of nitrogens with zero attached hydrogens (tertiary/aromatic N) is 2. The lowest BCUT2D eigenvalue weighted by Crippen LogP contribution is -2.25. The molecule has 0 atom stereocenters. The number of hydrogen-bond donors (Lipinski definition) is 2. The Labute approximate surface area is 140 Å². The van der Waals surface area contributed by atoms with Gasteiger partial charge in [0.2, 0.25) is 5.88 Å². The Morgan fingerprint density at radius 2 is 2.12 bits per heavy atom. The SMILES string of the molecule is NC(=NCCOc1ncccc1F)Nc1cccc2c1CCCC2. The maximum absolute atomic E-state index is 13.4. The lowest BCUT2D eigenvalue weighted by atomic mass is 9.90. The number of nitrogens with two attached hydrogens (primary N) is 1. The van der Waals surface area contributed by atoms with Gasteiger partial charge in [0.05, 0.1) is 6.54 Å². The van der Waals surface area contributed by atoms with Crippen molar-refractivity contribution in [3.8, 4) is 5.88 Å². The van der Waals surface area contributed by atoms with Gasteiger partial charge in [-0.1, -0.05) is 12.1 Å². The summed E-state index contributed by atoms with van der Waals surface area (Å²) in [5, 5.41) is 3.16. The van der Waals surface area contributed by atoms with Gasteiger partial charge in [-0.15, -0.1) is 0 Å². The number of aromatic nitrogens is 1. The predicted molar refractivity (Wildman–Crippen MR) is 92.9 cm³/mol. The molecule has 1 heterocycles. The van der Waals surface area contributed by atoms with Gasteiger partial charge in [0, 0.05) is 11.9 Å². The second-order valence-electron chi connectivity index (χ2n) is 5.68. The second-order valence-corrected chi connectivity index (χ2v) is 5.68.